The van der Waals surface area contributed by atoms with E-state index in [4.69, 9.17) is 15.6 Å². The fourth-order valence-electron chi connectivity index (χ4n) is 4.45. The average molecular weight is 468 g/mol. The van der Waals surface area contributed by atoms with Crippen LogP contribution in [0.3, 0.4) is 0 Å². The second kappa shape index (κ2) is 11.0. The van der Waals surface area contributed by atoms with Gasteiger partial charge in [-0.15, -0.1) is 0 Å². The lowest BCUT2D eigenvalue weighted by atomic mass is 9.90. The standard InChI is InChI=1S/C25H37N7O2/c1-16(2)15-27-24(33)23-28-19-11-10-17(3)14-18(19)22(31-23)29-20-8-4-5-9-21(20)30-25(26)32-12-6-7-13-34-32/h10-11,14,16,20-21H,4-9,12-13,15H2,1-3H3,(H2,26,30)(H,27,33)(H,28,29,31)/t20-,21+/m0/s1. The van der Waals surface area contributed by atoms with Gasteiger partial charge in [-0.1, -0.05) is 38.3 Å². The molecule has 2 fully saturated rings. The Morgan fingerprint density at radius 3 is 2.82 bits per heavy atom. The van der Waals surface area contributed by atoms with Crippen LogP contribution in [0.1, 0.15) is 68.6 Å². The van der Waals surface area contributed by atoms with E-state index in [-0.39, 0.29) is 23.8 Å². The summed E-state index contributed by atoms with van der Waals surface area (Å²) in [6.07, 6.45) is 6.20. The third-order valence-electron chi connectivity index (χ3n) is 6.33. The fraction of sp³-hybridized carbons (Fsp3) is 0.600. The molecule has 2 atom stereocenters. The third kappa shape index (κ3) is 5.94. The quantitative estimate of drug-likeness (QED) is 0.440. The van der Waals surface area contributed by atoms with Gasteiger partial charge in [0, 0.05) is 18.5 Å². The van der Waals surface area contributed by atoms with Crippen molar-refractivity contribution < 1.29 is 9.63 Å². The minimum Gasteiger partial charge on any atom is -0.368 e. The number of rotatable bonds is 6. The highest BCUT2D eigenvalue weighted by Crippen LogP contribution is 2.28. The lowest BCUT2D eigenvalue weighted by Crippen LogP contribution is -2.44. The molecule has 9 heteroatoms. The number of guanidine groups is 1. The van der Waals surface area contributed by atoms with Crippen molar-refractivity contribution in [2.24, 2.45) is 16.6 Å². The first-order valence-electron chi connectivity index (χ1n) is 12.5. The van der Waals surface area contributed by atoms with Gasteiger partial charge in [-0.2, -0.15) is 0 Å². The van der Waals surface area contributed by atoms with E-state index >= 15 is 0 Å². The zero-order valence-corrected chi connectivity index (χ0v) is 20.5. The van der Waals surface area contributed by atoms with Gasteiger partial charge in [0.25, 0.3) is 5.91 Å². The number of hydrogen-bond acceptors (Lipinski definition) is 6. The second-order valence-corrected chi connectivity index (χ2v) is 9.75. The van der Waals surface area contributed by atoms with Gasteiger partial charge >= 0.3 is 0 Å². The Hall–Kier alpha value is -2.94. The maximum absolute atomic E-state index is 12.8. The first-order chi connectivity index (χ1) is 16.4. The number of nitrogens with one attached hydrogen (secondary N) is 2. The number of anilines is 1. The second-order valence-electron chi connectivity index (χ2n) is 9.75. The molecule has 0 radical (unpaired) electrons. The van der Waals surface area contributed by atoms with E-state index < -0.39 is 0 Å². The molecule has 184 valence electrons. The summed E-state index contributed by atoms with van der Waals surface area (Å²) in [5.74, 6) is 1.37. The lowest BCUT2D eigenvalue weighted by Gasteiger charge is -2.32. The molecule has 4 rings (SSSR count). The first kappa shape index (κ1) is 24.2. The molecule has 1 saturated heterocycles. The number of aromatic nitrogens is 2. The molecule has 1 aromatic heterocycles. The van der Waals surface area contributed by atoms with Gasteiger partial charge < -0.3 is 16.4 Å². The summed E-state index contributed by atoms with van der Waals surface area (Å²) in [7, 11) is 0. The molecule has 4 N–H and O–H groups in total. The van der Waals surface area contributed by atoms with Gasteiger partial charge in [0.15, 0.2) is 0 Å². The summed E-state index contributed by atoms with van der Waals surface area (Å²) in [5.41, 5.74) is 8.17. The number of nitrogens with two attached hydrogens (primary N) is 1. The summed E-state index contributed by atoms with van der Waals surface area (Å²) in [4.78, 5) is 32.5. The molecule has 1 aliphatic heterocycles. The molecule has 0 unspecified atom stereocenters. The summed E-state index contributed by atoms with van der Waals surface area (Å²) >= 11 is 0. The molecule has 2 heterocycles. The lowest BCUT2D eigenvalue weighted by molar-refractivity contribution is -0.124. The molecule has 1 amide bonds. The molecular formula is C25H37N7O2. The number of aryl methyl sites for hydroxylation is 1. The number of hydroxylamine groups is 2. The van der Waals surface area contributed by atoms with Gasteiger partial charge in [-0.25, -0.2) is 20.0 Å². The average Bonchev–Trinajstić information content (AvgIpc) is 2.84. The van der Waals surface area contributed by atoms with Crippen molar-refractivity contribution in [1.29, 1.82) is 0 Å². The number of carbonyl (C=O) groups is 1. The largest absolute Gasteiger partial charge is 0.368 e. The number of hydrogen-bond donors (Lipinski definition) is 3. The van der Waals surface area contributed by atoms with Crippen molar-refractivity contribution in [3.63, 3.8) is 0 Å². The molecule has 1 aromatic carbocycles. The van der Waals surface area contributed by atoms with Crippen molar-refractivity contribution in [2.45, 2.75) is 71.4 Å². The van der Waals surface area contributed by atoms with Crippen LogP contribution in [0.4, 0.5) is 5.82 Å². The normalized spacial score (nSPS) is 21.6. The smallest absolute Gasteiger partial charge is 0.289 e. The topological polar surface area (TPSA) is 118 Å². The van der Waals surface area contributed by atoms with Gasteiger partial charge in [-0.05, 0) is 50.7 Å². The van der Waals surface area contributed by atoms with Gasteiger partial charge in [-0.3, -0.25) is 9.63 Å². The Morgan fingerprint density at radius 1 is 1.24 bits per heavy atom. The van der Waals surface area contributed by atoms with E-state index in [9.17, 15) is 4.79 Å². The monoisotopic (exact) mass is 467 g/mol. The SMILES string of the molecule is Cc1ccc2nc(C(=O)NCC(C)C)nc(N[C@H]3CCCC[C@H]3N=C(N)N3CCCCO3)c2c1. The van der Waals surface area contributed by atoms with Crippen LogP contribution in [0.2, 0.25) is 0 Å². The highest BCUT2D eigenvalue weighted by atomic mass is 16.7. The fourth-order valence-corrected chi connectivity index (χ4v) is 4.45. The summed E-state index contributed by atoms with van der Waals surface area (Å²) in [6.45, 7) is 8.18. The maximum atomic E-state index is 12.8. The van der Waals surface area contributed by atoms with E-state index in [1.165, 1.54) is 0 Å². The minimum absolute atomic E-state index is 0.00678. The van der Waals surface area contributed by atoms with Crippen LogP contribution in [0, 0.1) is 12.8 Å². The molecule has 9 nitrogen and oxygen atoms in total. The van der Waals surface area contributed by atoms with Crippen LogP contribution >= 0.6 is 0 Å². The number of amides is 1. The molecule has 0 spiro atoms. The Kier molecular flexibility index (Phi) is 7.82. The highest BCUT2D eigenvalue weighted by molar-refractivity contribution is 5.96. The van der Waals surface area contributed by atoms with Crippen LogP contribution in [0.15, 0.2) is 23.2 Å². The van der Waals surface area contributed by atoms with Gasteiger partial charge in [0.05, 0.1) is 24.2 Å². The summed E-state index contributed by atoms with van der Waals surface area (Å²) < 4.78 is 0. The van der Waals surface area contributed by atoms with E-state index in [1.54, 1.807) is 5.06 Å². The Labute approximate surface area is 201 Å². The summed E-state index contributed by atoms with van der Waals surface area (Å²) in [5, 5.41) is 9.17. The molecular weight excluding hydrogens is 430 g/mol. The van der Waals surface area contributed by atoms with Crippen LogP contribution in [0.25, 0.3) is 10.9 Å². The van der Waals surface area contributed by atoms with Crippen LogP contribution in [0.5, 0.6) is 0 Å². The summed E-state index contributed by atoms with van der Waals surface area (Å²) in [6, 6.07) is 6.07. The van der Waals surface area contributed by atoms with Crippen molar-refractivity contribution in [2.75, 3.05) is 25.0 Å². The minimum atomic E-state index is -0.260. The number of aliphatic imine (C=N–C) groups is 1. The zero-order valence-electron chi connectivity index (χ0n) is 20.5. The number of benzene rings is 1. The van der Waals surface area contributed by atoms with Crippen molar-refractivity contribution in [3.8, 4) is 0 Å². The Morgan fingerprint density at radius 2 is 2.06 bits per heavy atom. The Balaban J connectivity index is 1.61. The van der Waals surface area contributed by atoms with Crippen molar-refractivity contribution in [3.05, 3.63) is 29.6 Å². The first-order valence-corrected chi connectivity index (χ1v) is 12.5. The molecule has 34 heavy (non-hydrogen) atoms. The van der Waals surface area contributed by atoms with Gasteiger partial charge in [0.2, 0.25) is 11.8 Å². The molecule has 1 aliphatic carbocycles. The van der Waals surface area contributed by atoms with E-state index in [2.05, 4.69) is 40.5 Å². The predicted octanol–water partition coefficient (Wildman–Crippen LogP) is 3.39. The molecule has 1 saturated carbocycles. The van der Waals surface area contributed by atoms with E-state index in [0.717, 1.165) is 61.5 Å². The van der Waals surface area contributed by atoms with Crippen LogP contribution in [-0.4, -0.2) is 58.7 Å². The number of nitrogens with zero attached hydrogens (tertiary/aromatic N) is 4. The van der Waals surface area contributed by atoms with Crippen LogP contribution in [-0.2, 0) is 4.84 Å². The van der Waals surface area contributed by atoms with Gasteiger partial charge in [0.1, 0.15) is 5.82 Å². The third-order valence-corrected chi connectivity index (χ3v) is 6.33. The molecule has 2 aliphatic rings. The van der Waals surface area contributed by atoms with Crippen molar-refractivity contribution >= 4 is 28.6 Å². The van der Waals surface area contributed by atoms with E-state index in [0.29, 0.717) is 30.8 Å². The number of fused-ring (bicyclic) bond motifs is 1. The maximum Gasteiger partial charge on any atom is 0.289 e. The van der Waals surface area contributed by atoms with Crippen LogP contribution < -0.4 is 16.4 Å². The van der Waals surface area contributed by atoms with Crippen molar-refractivity contribution in [1.82, 2.24) is 20.3 Å². The molecule has 0 bridgehead atoms. The zero-order chi connectivity index (χ0) is 24.1. The molecule has 2 aromatic rings. The number of carbonyl (C=O) groups excluding carboxylic acids is 1. The highest BCUT2D eigenvalue weighted by Gasteiger charge is 2.28. The van der Waals surface area contributed by atoms with E-state index in [1.807, 2.05) is 19.1 Å². The Bertz CT molecular complexity index is 1030. The predicted molar refractivity (Wildman–Crippen MR) is 135 cm³/mol.